The molecule has 2 aromatic carbocycles. The number of amides is 4. The van der Waals surface area contributed by atoms with E-state index < -0.39 is 29.7 Å². The molecule has 3 aromatic rings. The van der Waals surface area contributed by atoms with E-state index in [4.69, 9.17) is 0 Å². The van der Waals surface area contributed by atoms with Gasteiger partial charge >= 0.3 is 0 Å². The quantitative estimate of drug-likeness (QED) is 0.520. The van der Waals surface area contributed by atoms with E-state index in [0.29, 0.717) is 18.8 Å². The zero-order valence-electron chi connectivity index (χ0n) is 19.2. The van der Waals surface area contributed by atoms with Gasteiger partial charge in [-0.2, -0.15) is 0 Å². The largest absolute Gasteiger partial charge is 0.508 e. The number of benzene rings is 2. The number of imide groups is 2. The van der Waals surface area contributed by atoms with Crippen molar-refractivity contribution >= 4 is 23.6 Å². The molecule has 1 atom stereocenters. The van der Waals surface area contributed by atoms with E-state index in [0.717, 1.165) is 29.1 Å². The van der Waals surface area contributed by atoms with Crippen LogP contribution in [0.4, 0.5) is 0 Å². The molecule has 1 unspecified atom stereocenters. The van der Waals surface area contributed by atoms with Crippen LogP contribution in [0.25, 0.3) is 5.69 Å². The summed E-state index contributed by atoms with van der Waals surface area (Å²) in [6, 6.07) is 9.24. The van der Waals surface area contributed by atoms with Crippen LogP contribution in [-0.4, -0.2) is 66.1 Å². The van der Waals surface area contributed by atoms with Crippen molar-refractivity contribution in [2.24, 2.45) is 0 Å². The van der Waals surface area contributed by atoms with Gasteiger partial charge in [-0.3, -0.25) is 34.3 Å². The molecule has 0 radical (unpaired) electrons. The summed E-state index contributed by atoms with van der Waals surface area (Å²) in [7, 11) is 0. The first-order valence-corrected chi connectivity index (χ1v) is 11.7. The van der Waals surface area contributed by atoms with Crippen LogP contribution in [0.3, 0.4) is 0 Å². The molecular weight excluding hydrogens is 464 g/mol. The molecule has 11 nitrogen and oxygen atoms in total. The Morgan fingerprint density at radius 2 is 1.81 bits per heavy atom. The minimum atomic E-state index is -1.01. The number of phenolic OH excluding ortho intramolecular Hbond substituents is 1. The van der Waals surface area contributed by atoms with Crippen LogP contribution in [-0.2, 0) is 29.1 Å². The summed E-state index contributed by atoms with van der Waals surface area (Å²) in [4.78, 5) is 52.9. The third-order valence-corrected chi connectivity index (χ3v) is 6.90. The summed E-state index contributed by atoms with van der Waals surface area (Å²) < 4.78 is 1.55. The minimum absolute atomic E-state index is 0.0700. The van der Waals surface area contributed by atoms with Crippen LogP contribution in [0, 0.1) is 0 Å². The maximum absolute atomic E-state index is 13.1. The Hall–Kier alpha value is -4.38. The highest BCUT2D eigenvalue weighted by Gasteiger charge is 2.44. The van der Waals surface area contributed by atoms with Crippen LogP contribution in [0.2, 0.25) is 0 Å². The molecule has 1 aromatic heterocycles. The molecule has 182 valence electrons. The highest BCUT2D eigenvalue weighted by Crippen LogP contribution is 2.29. The summed E-state index contributed by atoms with van der Waals surface area (Å²) in [5.41, 5.74) is 4.03. The van der Waals surface area contributed by atoms with E-state index in [1.165, 1.54) is 5.56 Å². The van der Waals surface area contributed by atoms with Crippen LogP contribution in [0.1, 0.15) is 50.4 Å². The van der Waals surface area contributed by atoms with Crippen molar-refractivity contribution in [3.8, 4) is 11.4 Å². The molecule has 4 heterocycles. The second kappa shape index (κ2) is 8.38. The number of hydrogen-bond donors (Lipinski definition) is 2. The Balaban J connectivity index is 1.19. The lowest BCUT2D eigenvalue weighted by atomic mass is 9.99. The first kappa shape index (κ1) is 22.1. The molecule has 0 bridgehead atoms. The van der Waals surface area contributed by atoms with Gasteiger partial charge in [-0.1, -0.05) is 11.3 Å². The fourth-order valence-electron chi connectivity index (χ4n) is 5.06. The summed E-state index contributed by atoms with van der Waals surface area (Å²) >= 11 is 0. The minimum Gasteiger partial charge on any atom is -0.508 e. The lowest BCUT2D eigenvalue weighted by molar-refractivity contribution is -0.136. The van der Waals surface area contributed by atoms with Crippen molar-refractivity contribution in [1.82, 2.24) is 30.1 Å². The van der Waals surface area contributed by atoms with Gasteiger partial charge in [0.1, 0.15) is 11.8 Å². The van der Waals surface area contributed by atoms with Crippen molar-refractivity contribution in [2.75, 3.05) is 6.54 Å². The Labute approximate surface area is 205 Å². The molecule has 0 saturated carbocycles. The fraction of sp³-hybridized carbons (Fsp3) is 0.280. The third kappa shape index (κ3) is 3.73. The third-order valence-electron chi connectivity index (χ3n) is 6.90. The molecular formula is C25H22N6O5. The lowest BCUT2D eigenvalue weighted by Gasteiger charge is -2.27. The average molecular weight is 486 g/mol. The first-order chi connectivity index (χ1) is 17.4. The van der Waals surface area contributed by atoms with E-state index in [2.05, 4.69) is 20.5 Å². The highest BCUT2D eigenvalue weighted by atomic mass is 16.3. The standard InChI is InChI=1S/C25H22N6O5/c32-18-3-1-14-7-8-29(11-15(14)9-18)12-16-13-30(28-27-16)17-2-4-19-20(10-17)25(36)31(24(19)35)21-5-6-22(33)26-23(21)34/h1-4,9-10,13,21,32H,5-8,11-12H2,(H,26,33,34). The Morgan fingerprint density at radius 1 is 0.972 bits per heavy atom. The molecule has 0 spiro atoms. The highest BCUT2D eigenvalue weighted by molar-refractivity contribution is 6.23. The number of aromatic hydroxyl groups is 1. The molecule has 0 aliphatic carbocycles. The molecule has 3 aliphatic rings. The van der Waals surface area contributed by atoms with E-state index in [-0.39, 0.29) is 29.7 Å². The van der Waals surface area contributed by atoms with Gasteiger partial charge in [0.2, 0.25) is 11.8 Å². The zero-order valence-corrected chi connectivity index (χ0v) is 19.2. The summed E-state index contributed by atoms with van der Waals surface area (Å²) in [6.45, 7) is 2.12. The van der Waals surface area contributed by atoms with Crippen LogP contribution < -0.4 is 5.32 Å². The van der Waals surface area contributed by atoms with Crippen molar-refractivity contribution in [3.63, 3.8) is 0 Å². The number of piperidine rings is 1. The van der Waals surface area contributed by atoms with Gasteiger partial charge in [-0.25, -0.2) is 4.68 Å². The average Bonchev–Trinajstić information content (AvgIpc) is 3.42. The maximum Gasteiger partial charge on any atom is 0.262 e. The second-order valence-electron chi connectivity index (χ2n) is 9.25. The predicted molar refractivity (Wildman–Crippen MR) is 124 cm³/mol. The van der Waals surface area contributed by atoms with E-state index in [9.17, 15) is 24.3 Å². The monoisotopic (exact) mass is 486 g/mol. The number of nitrogens with zero attached hydrogens (tertiary/aromatic N) is 5. The molecule has 1 saturated heterocycles. The van der Waals surface area contributed by atoms with Crippen molar-refractivity contribution in [1.29, 1.82) is 0 Å². The zero-order chi connectivity index (χ0) is 25.0. The van der Waals surface area contributed by atoms with Crippen LogP contribution in [0.5, 0.6) is 5.75 Å². The number of fused-ring (bicyclic) bond motifs is 2. The van der Waals surface area contributed by atoms with Gasteiger partial charge in [0.05, 0.1) is 28.7 Å². The molecule has 36 heavy (non-hydrogen) atoms. The molecule has 2 N–H and O–H groups in total. The number of hydrogen-bond acceptors (Lipinski definition) is 8. The van der Waals surface area contributed by atoms with Crippen LogP contribution >= 0.6 is 0 Å². The van der Waals surface area contributed by atoms with Gasteiger partial charge in [0, 0.05) is 26.1 Å². The number of carbonyl (C=O) groups is 4. The summed E-state index contributed by atoms with van der Waals surface area (Å²) in [5, 5.41) is 20.4. The van der Waals surface area contributed by atoms with Crippen molar-refractivity contribution in [3.05, 3.63) is 70.5 Å². The molecule has 4 amide bonds. The van der Waals surface area contributed by atoms with E-state index in [1.807, 2.05) is 6.07 Å². The van der Waals surface area contributed by atoms with E-state index >= 15 is 0 Å². The number of nitrogens with one attached hydrogen (secondary N) is 1. The van der Waals surface area contributed by atoms with E-state index in [1.54, 1.807) is 41.2 Å². The Bertz CT molecular complexity index is 1450. The van der Waals surface area contributed by atoms with Gasteiger partial charge < -0.3 is 5.11 Å². The summed E-state index contributed by atoms with van der Waals surface area (Å²) in [6.07, 6.45) is 2.84. The fourth-order valence-corrected chi connectivity index (χ4v) is 5.06. The topological polar surface area (TPSA) is 138 Å². The van der Waals surface area contributed by atoms with Gasteiger partial charge in [-0.15, -0.1) is 5.10 Å². The molecule has 6 rings (SSSR count). The predicted octanol–water partition coefficient (Wildman–Crippen LogP) is 0.932. The summed E-state index contributed by atoms with van der Waals surface area (Å²) in [5.74, 6) is -1.92. The normalized spacial score (nSPS) is 19.9. The number of phenols is 1. The van der Waals surface area contributed by atoms with Gasteiger partial charge in [0.15, 0.2) is 0 Å². The lowest BCUT2D eigenvalue weighted by Crippen LogP contribution is -2.54. The van der Waals surface area contributed by atoms with Gasteiger partial charge in [0.25, 0.3) is 11.8 Å². The number of carbonyl (C=O) groups excluding carboxylic acids is 4. The Kier molecular flexibility index (Phi) is 5.15. The SMILES string of the molecule is O=C1CCC(N2C(=O)c3ccc(-n4cc(CN5CCc6ccc(O)cc6C5)nn4)cc3C2=O)C(=O)N1. The first-order valence-electron chi connectivity index (χ1n) is 11.7. The van der Waals surface area contributed by atoms with Crippen LogP contribution in [0.15, 0.2) is 42.6 Å². The number of aromatic nitrogens is 3. The van der Waals surface area contributed by atoms with Gasteiger partial charge in [-0.05, 0) is 54.3 Å². The molecule has 3 aliphatic heterocycles. The Morgan fingerprint density at radius 3 is 2.64 bits per heavy atom. The van der Waals surface area contributed by atoms with Crippen molar-refractivity contribution < 1.29 is 24.3 Å². The molecule has 1 fully saturated rings. The molecule has 11 heteroatoms. The second-order valence-corrected chi connectivity index (χ2v) is 9.25. The number of rotatable bonds is 4. The van der Waals surface area contributed by atoms with Crippen molar-refractivity contribution in [2.45, 2.75) is 38.4 Å². The maximum atomic E-state index is 13.1. The smallest absolute Gasteiger partial charge is 0.262 e.